The number of hydrogen-bond acceptors (Lipinski definition) is 13. The Morgan fingerprint density at radius 2 is 0.897 bits per heavy atom. The SMILES string of the molecule is Cc1cc(C)cc(-n2n[c-]c(C)c2N=Nc2c(C)nn(-c3nc(C)nc(C)n3)c2N)c1.Cc1cc(C)cc(-n2n[c-]c(C)c2N=Nc2c(C)nn(C)c2N)c1.[Y].[Y].[Y]. The summed E-state index contributed by atoms with van der Waals surface area (Å²) < 4.78 is 6.49. The fourth-order valence-corrected chi connectivity index (χ4v) is 5.99. The maximum Gasteiger partial charge on any atom is 0.256 e. The Balaban J connectivity index is 0.000000304. The van der Waals surface area contributed by atoms with Crippen LogP contribution in [0.25, 0.3) is 17.3 Å². The number of hydrogen-bond donors (Lipinski definition) is 2. The van der Waals surface area contributed by atoms with Gasteiger partial charge in [0.25, 0.3) is 5.95 Å². The molecule has 7 rings (SSSR count). The summed E-state index contributed by atoms with van der Waals surface area (Å²) in [5.41, 5.74) is 22.7. The largest absolute Gasteiger partial charge is 0.382 e. The van der Waals surface area contributed by atoms with Crippen LogP contribution >= 0.6 is 0 Å². The topological polar surface area (TPSA) is 211 Å². The molecule has 0 amide bonds. The average Bonchev–Trinajstić information content (AvgIpc) is 3.81. The third-order valence-corrected chi connectivity index (χ3v) is 8.43. The molecule has 0 saturated carbocycles. The molecule has 0 atom stereocenters. The van der Waals surface area contributed by atoms with Crippen LogP contribution in [-0.4, -0.2) is 54.1 Å². The van der Waals surface area contributed by atoms with Crippen molar-refractivity contribution in [2.24, 2.45) is 27.5 Å². The van der Waals surface area contributed by atoms with E-state index in [1.54, 1.807) is 34.9 Å². The molecule has 4 N–H and O–H groups in total. The molecule has 17 nitrogen and oxygen atoms in total. The van der Waals surface area contributed by atoms with E-state index in [9.17, 15) is 0 Å². The summed E-state index contributed by atoms with van der Waals surface area (Å²) in [5.74, 6) is 3.49. The number of aryl methyl sites for hydroxylation is 11. The summed E-state index contributed by atoms with van der Waals surface area (Å²) in [5, 5.41) is 34.9. The molecular formula is C38H43N17Y3-2. The van der Waals surface area contributed by atoms with Gasteiger partial charge in [-0.2, -0.15) is 46.2 Å². The van der Waals surface area contributed by atoms with Crippen LogP contribution in [0.1, 0.15) is 56.4 Å². The van der Waals surface area contributed by atoms with Crippen molar-refractivity contribution < 1.29 is 98.1 Å². The fourth-order valence-electron chi connectivity index (χ4n) is 5.99. The number of nitrogens with zero attached hydrogens (tertiary/aromatic N) is 15. The molecule has 0 aliphatic heterocycles. The number of aromatic nitrogens is 11. The molecule has 0 unspecified atom stereocenters. The molecule has 291 valence electrons. The summed E-state index contributed by atoms with van der Waals surface area (Å²) >= 11 is 0. The molecule has 58 heavy (non-hydrogen) atoms. The average molecular weight is 1000 g/mol. The molecule has 0 saturated heterocycles. The zero-order chi connectivity index (χ0) is 39.7. The van der Waals surface area contributed by atoms with Gasteiger partial charge in [-0.25, -0.2) is 15.2 Å². The molecule has 0 aliphatic rings. The maximum absolute atomic E-state index is 6.32. The Morgan fingerprint density at radius 3 is 1.29 bits per heavy atom. The van der Waals surface area contributed by atoms with E-state index in [0.717, 1.165) is 50.4 Å². The van der Waals surface area contributed by atoms with E-state index < -0.39 is 0 Å². The number of azo groups is 2. The van der Waals surface area contributed by atoms with Crippen LogP contribution < -0.4 is 11.5 Å². The first-order valence-corrected chi connectivity index (χ1v) is 17.4. The Kier molecular flexibility index (Phi) is 17.3. The van der Waals surface area contributed by atoms with E-state index in [1.165, 1.54) is 4.68 Å². The number of benzene rings is 2. The van der Waals surface area contributed by atoms with E-state index >= 15 is 0 Å². The van der Waals surface area contributed by atoms with Gasteiger partial charge in [-0.05, 0) is 102 Å². The van der Waals surface area contributed by atoms with E-state index in [1.807, 2.05) is 53.7 Å². The Labute approximate surface area is 413 Å². The van der Waals surface area contributed by atoms with Crippen molar-refractivity contribution in [1.29, 1.82) is 0 Å². The molecule has 20 heteroatoms. The summed E-state index contributed by atoms with van der Waals surface area (Å²) in [4.78, 5) is 12.8. The second-order valence-corrected chi connectivity index (χ2v) is 13.4. The van der Waals surface area contributed by atoms with Crippen molar-refractivity contribution in [3.63, 3.8) is 0 Å². The number of nitrogens with two attached hydrogens (primary N) is 2. The second kappa shape index (κ2) is 20.6. The second-order valence-electron chi connectivity index (χ2n) is 13.4. The first-order valence-electron chi connectivity index (χ1n) is 17.4. The number of anilines is 2. The number of nitrogen functional groups attached to an aromatic ring is 2. The number of rotatable bonds is 7. The van der Waals surface area contributed by atoms with Crippen molar-refractivity contribution in [2.45, 2.75) is 69.2 Å². The van der Waals surface area contributed by atoms with Gasteiger partial charge < -0.3 is 20.8 Å². The van der Waals surface area contributed by atoms with Crippen LogP contribution in [0.15, 0.2) is 56.9 Å². The summed E-state index contributed by atoms with van der Waals surface area (Å²) in [7, 11) is 1.78. The Hall–Kier alpha value is -3.60. The molecular weight excluding hydrogens is 961 g/mol. The normalized spacial score (nSPS) is 10.9. The third-order valence-electron chi connectivity index (χ3n) is 8.43. The quantitative estimate of drug-likeness (QED) is 0.119. The third kappa shape index (κ3) is 11.0. The Bertz CT molecular complexity index is 2550. The van der Waals surface area contributed by atoms with Crippen molar-refractivity contribution in [3.8, 4) is 17.3 Å². The Morgan fingerprint density at radius 1 is 0.500 bits per heavy atom. The van der Waals surface area contributed by atoms with Crippen molar-refractivity contribution in [1.82, 2.24) is 54.1 Å². The van der Waals surface area contributed by atoms with Gasteiger partial charge in [-0.1, -0.05) is 26.0 Å². The van der Waals surface area contributed by atoms with Gasteiger partial charge in [0.05, 0.1) is 11.4 Å². The van der Waals surface area contributed by atoms with Crippen molar-refractivity contribution >= 4 is 34.6 Å². The van der Waals surface area contributed by atoms with Crippen LogP contribution in [0.5, 0.6) is 0 Å². The van der Waals surface area contributed by atoms with Crippen molar-refractivity contribution in [2.75, 3.05) is 11.5 Å². The minimum atomic E-state index is 0. The van der Waals surface area contributed by atoms with Crippen LogP contribution in [0.4, 0.5) is 34.6 Å². The minimum Gasteiger partial charge on any atom is -0.382 e. The fraction of sp³-hybridized carbons (Fsp3) is 0.289. The van der Waals surface area contributed by atoms with Crippen LogP contribution in [0, 0.1) is 81.6 Å². The van der Waals surface area contributed by atoms with E-state index in [-0.39, 0.29) is 98.1 Å². The van der Waals surface area contributed by atoms with Gasteiger partial charge in [0.1, 0.15) is 28.8 Å². The summed E-state index contributed by atoms with van der Waals surface area (Å²) in [6, 6.07) is 12.4. The smallest absolute Gasteiger partial charge is 0.256 e. The zero-order valence-electron chi connectivity index (χ0n) is 34.6. The predicted octanol–water partition coefficient (Wildman–Crippen LogP) is 7.52. The van der Waals surface area contributed by atoms with Crippen LogP contribution in [0.3, 0.4) is 0 Å². The predicted molar refractivity (Wildman–Crippen MR) is 210 cm³/mol. The van der Waals surface area contributed by atoms with Crippen molar-refractivity contribution in [3.05, 3.63) is 105 Å². The van der Waals surface area contributed by atoms with Gasteiger partial charge >= 0.3 is 0 Å². The summed E-state index contributed by atoms with van der Waals surface area (Å²) in [6.07, 6.45) is 5.92. The standard InChI is InChI=1S/C21H23N10.C17H20N7.3Y/c1-11-7-12(2)9-17(8-11)30-20(13(3)10-23-30)28-27-18-14(4)29-31(19(18)22)21-25-15(5)24-16(6)26-21;1-10-6-11(2)8-14(7-10)24-17(12(3)9-19-24)21-20-15-13(4)22-23(5)16(15)18;;;/h7-9H,22H2,1-6H3;6-8H,18H2,1-5H3;;;/q2*-1;;;. The molecule has 0 aliphatic carbocycles. The molecule has 0 fully saturated rings. The molecule has 7 aromatic rings. The van der Waals surface area contributed by atoms with Gasteiger partial charge in [-0.15, -0.1) is 12.4 Å². The molecule has 0 spiro atoms. The first kappa shape index (κ1) is 48.8. The summed E-state index contributed by atoms with van der Waals surface area (Å²) in [6.45, 7) is 19.2. The molecule has 2 aromatic carbocycles. The van der Waals surface area contributed by atoms with Gasteiger partial charge in [0.15, 0.2) is 5.82 Å². The van der Waals surface area contributed by atoms with Crippen LogP contribution in [-0.2, 0) is 105 Å². The van der Waals surface area contributed by atoms with Gasteiger partial charge in [-0.3, -0.25) is 14.9 Å². The molecule has 0 bridgehead atoms. The monoisotopic (exact) mass is 1000 g/mol. The van der Waals surface area contributed by atoms with E-state index in [0.29, 0.717) is 57.9 Å². The zero-order valence-corrected chi connectivity index (χ0v) is 43.1. The van der Waals surface area contributed by atoms with Crippen LogP contribution in [0.2, 0.25) is 0 Å². The maximum atomic E-state index is 6.32. The van der Waals surface area contributed by atoms with Gasteiger partial charge in [0.2, 0.25) is 0 Å². The molecule has 3 radical (unpaired) electrons. The first-order chi connectivity index (χ1) is 26.1. The molecule has 5 heterocycles. The minimum absolute atomic E-state index is 0. The van der Waals surface area contributed by atoms with E-state index in [2.05, 4.69) is 106 Å². The molecule has 5 aromatic heterocycles. The van der Waals surface area contributed by atoms with E-state index in [4.69, 9.17) is 11.5 Å². The van der Waals surface area contributed by atoms with Gasteiger partial charge in [0, 0.05) is 128 Å².